The van der Waals surface area contributed by atoms with Gasteiger partial charge >= 0.3 is 0 Å². The van der Waals surface area contributed by atoms with Crippen molar-refractivity contribution in [2.45, 2.75) is 52.5 Å². The van der Waals surface area contributed by atoms with Gasteiger partial charge in [0.1, 0.15) is 0 Å². The lowest BCUT2D eigenvalue weighted by Crippen LogP contribution is -2.39. The molecule has 1 aliphatic heterocycles. The molecule has 1 saturated heterocycles. The average molecular weight is 181 g/mol. The van der Waals surface area contributed by atoms with Gasteiger partial charge in [-0.2, -0.15) is 0 Å². The van der Waals surface area contributed by atoms with Gasteiger partial charge in [-0.3, -0.25) is 0 Å². The molecular weight excluding hydrogens is 158 g/mol. The quantitative estimate of drug-likeness (QED) is 0.660. The van der Waals surface area contributed by atoms with E-state index in [-0.39, 0.29) is 0 Å². The molecule has 0 bridgehead atoms. The summed E-state index contributed by atoms with van der Waals surface area (Å²) in [5, 5.41) is 3.66. The molecule has 1 heteroatoms. The normalized spacial score (nSPS) is 28.1. The van der Waals surface area contributed by atoms with Crippen LogP contribution in [0.2, 0.25) is 0 Å². The Bertz CT molecular complexity index is 181. The third-order valence-electron chi connectivity index (χ3n) is 2.61. The summed E-state index contributed by atoms with van der Waals surface area (Å²) in [6, 6.07) is 0. The third kappa shape index (κ3) is 3.15. The fourth-order valence-corrected chi connectivity index (χ4v) is 2.47. The highest BCUT2D eigenvalue weighted by Crippen LogP contribution is 2.29. The van der Waals surface area contributed by atoms with Crippen LogP contribution in [0.15, 0.2) is 11.6 Å². The van der Waals surface area contributed by atoms with Crippen molar-refractivity contribution in [3.63, 3.8) is 0 Å². The molecule has 1 nitrogen and oxygen atoms in total. The largest absolute Gasteiger partial charge is 0.308 e. The van der Waals surface area contributed by atoms with Gasteiger partial charge in [-0.15, -0.1) is 0 Å². The minimum Gasteiger partial charge on any atom is -0.308 e. The first kappa shape index (κ1) is 10.8. The van der Waals surface area contributed by atoms with Crippen LogP contribution < -0.4 is 5.32 Å². The predicted octanol–water partition coefficient (Wildman–Crippen LogP) is 3.12. The number of nitrogens with one attached hydrogen (secondary N) is 1. The molecule has 1 atom stereocenters. The van der Waals surface area contributed by atoms with Gasteiger partial charge in [0.25, 0.3) is 0 Å². The van der Waals surface area contributed by atoms with Crippen LogP contribution in [0.3, 0.4) is 0 Å². The summed E-state index contributed by atoms with van der Waals surface area (Å²) in [6.45, 7) is 10.2. The standard InChI is InChI=1S/C12H23N/c1-10(2)8-12(9-11(3)4)6-5-7-13-12/h8,11,13H,5-7,9H2,1-4H3. The molecule has 76 valence electrons. The van der Waals surface area contributed by atoms with E-state index in [1.807, 2.05) is 0 Å². The first-order chi connectivity index (χ1) is 6.04. The van der Waals surface area contributed by atoms with Crippen LogP contribution in [0, 0.1) is 5.92 Å². The minimum atomic E-state index is 0.326. The fraction of sp³-hybridized carbons (Fsp3) is 0.833. The molecule has 0 radical (unpaired) electrons. The van der Waals surface area contributed by atoms with Crippen LogP contribution in [-0.4, -0.2) is 12.1 Å². The highest BCUT2D eigenvalue weighted by Gasteiger charge is 2.31. The molecule has 1 N–H and O–H groups in total. The summed E-state index contributed by atoms with van der Waals surface area (Å²) < 4.78 is 0. The topological polar surface area (TPSA) is 12.0 Å². The van der Waals surface area contributed by atoms with Gasteiger partial charge in [-0.25, -0.2) is 0 Å². The smallest absolute Gasteiger partial charge is 0.0369 e. The Morgan fingerprint density at radius 3 is 2.54 bits per heavy atom. The molecule has 0 aliphatic carbocycles. The van der Waals surface area contributed by atoms with Gasteiger partial charge in [0.2, 0.25) is 0 Å². The summed E-state index contributed by atoms with van der Waals surface area (Å²) in [5.74, 6) is 0.779. The second-order valence-electron chi connectivity index (χ2n) is 5.01. The van der Waals surface area contributed by atoms with Crippen molar-refractivity contribution in [1.82, 2.24) is 5.32 Å². The van der Waals surface area contributed by atoms with Crippen molar-refractivity contribution < 1.29 is 0 Å². The third-order valence-corrected chi connectivity index (χ3v) is 2.61. The van der Waals surface area contributed by atoms with Crippen molar-refractivity contribution in [2.24, 2.45) is 5.92 Å². The Hall–Kier alpha value is -0.300. The minimum absolute atomic E-state index is 0.326. The Kier molecular flexibility index (Phi) is 3.55. The molecule has 13 heavy (non-hydrogen) atoms. The molecule has 1 unspecified atom stereocenters. The average Bonchev–Trinajstić information content (AvgIpc) is 2.33. The van der Waals surface area contributed by atoms with Gasteiger partial charge in [0.05, 0.1) is 0 Å². The molecule has 0 saturated carbocycles. The van der Waals surface area contributed by atoms with Crippen LogP contribution in [-0.2, 0) is 0 Å². The maximum Gasteiger partial charge on any atom is 0.0369 e. The van der Waals surface area contributed by atoms with Crippen molar-refractivity contribution in [3.8, 4) is 0 Å². The van der Waals surface area contributed by atoms with Crippen molar-refractivity contribution in [1.29, 1.82) is 0 Å². The molecule has 0 aromatic heterocycles. The summed E-state index contributed by atoms with van der Waals surface area (Å²) in [4.78, 5) is 0. The zero-order valence-corrected chi connectivity index (χ0v) is 9.48. The second-order valence-corrected chi connectivity index (χ2v) is 5.01. The summed E-state index contributed by atoms with van der Waals surface area (Å²) in [6.07, 6.45) is 6.35. The maximum atomic E-state index is 3.66. The lowest BCUT2D eigenvalue weighted by atomic mass is 9.86. The maximum absolute atomic E-state index is 3.66. The monoisotopic (exact) mass is 181 g/mol. The lowest BCUT2D eigenvalue weighted by Gasteiger charge is -2.28. The number of hydrogen-bond donors (Lipinski definition) is 1. The molecule has 1 aliphatic rings. The molecule has 0 spiro atoms. The van der Waals surface area contributed by atoms with Crippen LogP contribution in [0.4, 0.5) is 0 Å². The van der Waals surface area contributed by atoms with Crippen LogP contribution >= 0.6 is 0 Å². The van der Waals surface area contributed by atoms with Crippen molar-refractivity contribution in [3.05, 3.63) is 11.6 Å². The lowest BCUT2D eigenvalue weighted by molar-refractivity contribution is 0.371. The van der Waals surface area contributed by atoms with Gasteiger partial charge < -0.3 is 5.32 Å². The van der Waals surface area contributed by atoms with Gasteiger partial charge in [0.15, 0.2) is 0 Å². The van der Waals surface area contributed by atoms with E-state index in [4.69, 9.17) is 0 Å². The Balaban J connectivity index is 2.69. The van der Waals surface area contributed by atoms with E-state index < -0.39 is 0 Å². The van der Waals surface area contributed by atoms with E-state index in [0.717, 1.165) is 5.92 Å². The van der Waals surface area contributed by atoms with E-state index in [1.165, 1.54) is 31.4 Å². The van der Waals surface area contributed by atoms with E-state index in [9.17, 15) is 0 Å². The van der Waals surface area contributed by atoms with Gasteiger partial charge in [-0.05, 0) is 45.6 Å². The number of rotatable bonds is 3. The molecule has 0 aromatic rings. The van der Waals surface area contributed by atoms with E-state index in [0.29, 0.717) is 5.54 Å². The first-order valence-corrected chi connectivity index (χ1v) is 5.45. The number of allylic oxidation sites excluding steroid dienone is 1. The molecule has 0 amide bonds. The van der Waals surface area contributed by atoms with Crippen molar-refractivity contribution >= 4 is 0 Å². The Morgan fingerprint density at radius 2 is 2.15 bits per heavy atom. The molecule has 1 rings (SSSR count). The first-order valence-electron chi connectivity index (χ1n) is 5.45. The SMILES string of the molecule is CC(C)=CC1(CC(C)C)CCCN1. The molecule has 1 heterocycles. The molecule has 0 aromatic carbocycles. The van der Waals surface area contributed by atoms with Gasteiger partial charge in [0, 0.05) is 5.54 Å². The summed E-state index contributed by atoms with van der Waals surface area (Å²) in [7, 11) is 0. The second kappa shape index (κ2) is 4.28. The Labute approximate surface area is 82.6 Å². The van der Waals surface area contributed by atoms with Crippen LogP contribution in [0.1, 0.15) is 47.0 Å². The van der Waals surface area contributed by atoms with Crippen molar-refractivity contribution in [2.75, 3.05) is 6.54 Å². The Morgan fingerprint density at radius 1 is 1.46 bits per heavy atom. The highest BCUT2D eigenvalue weighted by molar-refractivity contribution is 5.13. The fourth-order valence-electron chi connectivity index (χ4n) is 2.47. The molecule has 1 fully saturated rings. The van der Waals surface area contributed by atoms with E-state index >= 15 is 0 Å². The highest BCUT2D eigenvalue weighted by atomic mass is 15.0. The van der Waals surface area contributed by atoms with Crippen LogP contribution in [0.25, 0.3) is 0 Å². The summed E-state index contributed by atoms with van der Waals surface area (Å²) >= 11 is 0. The molecular formula is C12H23N. The zero-order chi connectivity index (χ0) is 9.90. The van der Waals surface area contributed by atoms with E-state index in [2.05, 4.69) is 39.1 Å². The summed E-state index contributed by atoms with van der Waals surface area (Å²) in [5.41, 5.74) is 1.77. The predicted molar refractivity (Wildman–Crippen MR) is 58.9 cm³/mol. The van der Waals surface area contributed by atoms with Crippen LogP contribution in [0.5, 0.6) is 0 Å². The zero-order valence-electron chi connectivity index (χ0n) is 9.48. The van der Waals surface area contributed by atoms with E-state index in [1.54, 1.807) is 0 Å². The van der Waals surface area contributed by atoms with Gasteiger partial charge in [-0.1, -0.05) is 25.5 Å². The number of hydrogen-bond acceptors (Lipinski definition) is 1.